The quantitative estimate of drug-likeness (QED) is 0.781. The molecule has 1 aromatic carbocycles. The van der Waals surface area contributed by atoms with Crippen LogP contribution in [0.2, 0.25) is 0 Å². The van der Waals surface area contributed by atoms with Crippen LogP contribution < -0.4 is 5.46 Å². The zero-order chi connectivity index (χ0) is 17.7. The molecule has 0 N–H and O–H groups in total. The summed E-state index contributed by atoms with van der Waals surface area (Å²) in [4.78, 5) is 14.6. The lowest BCUT2D eigenvalue weighted by atomic mass is 9.78. The van der Waals surface area contributed by atoms with Crippen molar-refractivity contribution in [3.8, 4) is 0 Å². The molecule has 1 atom stereocenters. The lowest BCUT2D eigenvalue weighted by molar-refractivity contribution is 0.00578. The van der Waals surface area contributed by atoms with Crippen LogP contribution in [0.5, 0.6) is 0 Å². The molecule has 2 aliphatic heterocycles. The SMILES string of the molecule is C[C@H]1CCCN1C(=O)c1ccc(F)c(B2OC(C)(C)C(C)(C)O2)c1. The second-order valence-electron chi connectivity index (χ2n) is 7.81. The molecule has 3 rings (SSSR count). The summed E-state index contributed by atoms with van der Waals surface area (Å²) in [6.45, 7) is 10.5. The van der Waals surface area contributed by atoms with E-state index >= 15 is 0 Å². The van der Waals surface area contributed by atoms with Crippen molar-refractivity contribution < 1.29 is 18.5 Å². The van der Waals surface area contributed by atoms with E-state index in [1.54, 1.807) is 6.07 Å². The minimum Gasteiger partial charge on any atom is -0.399 e. The first kappa shape index (κ1) is 17.4. The molecule has 0 saturated carbocycles. The first-order valence-corrected chi connectivity index (χ1v) is 8.58. The minimum absolute atomic E-state index is 0.0576. The molecule has 24 heavy (non-hydrogen) atoms. The maximum absolute atomic E-state index is 14.4. The zero-order valence-electron chi connectivity index (χ0n) is 15.1. The maximum Gasteiger partial charge on any atom is 0.497 e. The summed E-state index contributed by atoms with van der Waals surface area (Å²) < 4.78 is 26.2. The smallest absolute Gasteiger partial charge is 0.399 e. The van der Waals surface area contributed by atoms with Gasteiger partial charge in [-0.2, -0.15) is 0 Å². The van der Waals surface area contributed by atoms with Gasteiger partial charge in [0.05, 0.1) is 11.2 Å². The van der Waals surface area contributed by atoms with Crippen LogP contribution in [-0.2, 0) is 9.31 Å². The number of likely N-dealkylation sites (tertiary alicyclic amines) is 1. The van der Waals surface area contributed by atoms with Gasteiger partial charge in [-0.05, 0) is 65.7 Å². The summed E-state index contributed by atoms with van der Waals surface area (Å²) in [5.74, 6) is -0.475. The fraction of sp³-hybridized carbons (Fsp3) is 0.611. The van der Waals surface area contributed by atoms with E-state index in [0.717, 1.165) is 19.4 Å². The summed E-state index contributed by atoms with van der Waals surface area (Å²) in [7, 11) is -0.807. The van der Waals surface area contributed by atoms with Crippen LogP contribution in [0.25, 0.3) is 0 Å². The average molecular weight is 333 g/mol. The number of rotatable bonds is 2. The van der Waals surface area contributed by atoms with Crippen LogP contribution in [0.4, 0.5) is 4.39 Å². The Bertz CT molecular complexity index is 646. The van der Waals surface area contributed by atoms with E-state index in [-0.39, 0.29) is 17.4 Å². The van der Waals surface area contributed by atoms with Crippen molar-refractivity contribution in [1.29, 1.82) is 0 Å². The number of amides is 1. The molecule has 2 aliphatic rings. The molecule has 2 fully saturated rings. The highest BCUT2D eigenvalue weighted by Gasteiger charge is 2.52. The van der Waals surface area contributed by atoms with Crippen molar-refractivity contribution in [2.75, 3.05) is 6.54 Å². The highest BCUT2D eigenvalue weighted by atomic mass is 19.1. The summed E-state index contributed by atoms with van der Waals surface area (Å²) in [6, 6.07) is 4.67. The van der Waals surface area contributed by atoms with E-state index in [2.05, 4.69) is 0 Å². The highest BCUT2D eigenvalue weighted by molar-refractivity contribution is 6.62. The maximum atomic E-state index is 14.4. The van der Waals surface area contributed by atoms with Crippen LogP contribution in [0.1, 0.15) is 57.8 Å². The third-order valence-electron chi connectivity index (χ3n) is 5.56. The molecular weight excluding hydrogens is 308 g/mol. The molecule has 6 heteroatoms. The van der Waals surface area contributed by atoms with Gasteiger partial charge in [0.1, 0.15) is 5.82 Å². The van der Waals surface area contributed by atoms with Crippen LogP contribution in [0.15, 0.2) is 18.2 Å². The summed E-state index contributed by atoms with van der Waals surface area (Å²) >= 11 is 0. The van der Waals surface area contributed by atoms with Gasteiger partial charge in [-0.15, -0.1) is 0 Å². The Kier molecular flexibility index (Phi) is 4.25. The third-order valence-corrected chi connectivity index (χ3v) is 5.56. The lowest BCUT2D eigenvalue weighted by Crippen LogP contribution is -2.41. The normalized spacial score (nSPS) is 25.3. The van der Waals surface area contributed by atoms with Crippen LogP contribution in [-0.4, -0.2) is 41.7 Å². The van der Waals surface area contributed by atoms with Crippen molar-refractivity contribution in [3.05, 3.63) is 29.6 Å². The largest absolute Gasteiger partial charge is 0.497 e. The predicted octanol–water partition coefficient (Wildman–Crippen LogP) is 2.75. The predicted molar refractivity (Wildman–Crippen MR) is 91.8 cm³/mol. The molecule has 2 saturated heterocycles. The Morgan fingerprint density at radius 3 is 2.42 bits per heavy atom. The van der Waals surface area contributed by atoms with Gasteiger partial charge >= 0.3 is 7.12 Å². The number of carbonyl (C=O) groups excluding carboxylic acids is 1. The molecular formula is C18H25BFNO3. The highest BCUT2D eigenvalue weighted by Crippen LogP contribution is 2.36. The van der Waals surface area contributed by atoms with E-state index in [1.807, 2.05) is 39.5 Å². The third kappa shape index (κ3) is 2.86. The van der Waals surface area contributed by atoms with Gasteiger partial charge in [0.25, 0.3) is 5.91 Å². The number of nitrogens with zero attached hydrogens (tertiary/aromatic N) is 1. The zero-order valence-corrected chi connectivity index (χ0v) is 15.1. The Hall–Kier alpha value is -1.40. The molecule has 2 heterocycles. The fourth-order valence-electron chi connectivity index (χ4n) is 3.23. The molecule has 0 unspecified atom stereocenters. The van der Waals surface area contributed by atoms with E-state index in [0.29, 0.717) is 5.56 Å². The van der Waals surface area contributed by atoms with Gasteiger partial charge in [-0.1, -0.05) is 0 Å². The lowest BCUT2D eigenvalue weighted by Gasteiger charge is -2.32. The number of halogens is 1. The van der Waals surface area contributed by atoms with Gasteiger partial charge in [0.2, 0.25) is 0 Å². The topological polar surface area (TPSA) is 38.8 Å². The standard InChI is InChI=1S/C18H25BFNO3/c1-12-7-6-10-21(12)16(22)13-8-9-15(20)14(11-13)19-23-17(2,3)18(4,5)24-19/h8-9,11-12H,6-7,10H2,1-5H3/t12-/m0/s1. The Morgan fingerprint density at radius 2 is 1.88 bits per heavy atom. The summed E-state index contributed by atoms with van der Waals surface area (Å²) in [5, 5.41) is 0. The minimum atomic E-state index is -0.807. The van der Waals surface area contributed by atoms with Crippen LogP contribution in [0, 0.1) is 5.82 Å². The molecule has 0 bridgehead atoms. The molecule has 1 amide bonds. The molecule has 0 aromatic heterocycles. The van der Waals surface area contributed by atoms with Crippen molar-refractivity contribution in [1.82, 2.24) is 4.90 Å². The first-order valence-electron chi connectivity index (χ1n) is 8.58. The van der Waals surface area contributed by atoms with Crippen molar-refractivity contribution in [2.45, 2.75) is 64.7 Å². The first-order chi connectivity index (χ1) is 11.1. The summed E-state index contributed by atoms with van der Waals surface area (Å²) in [6.07, 6.45) is 2.02. The Balaban J connectivity index is 1.89. The second kappa shape index (κ2) is 5.85. The van der Waals surface area contributed by atoms with E-state index in [4.69, 9.17) is 9.31 Å². The number of carbonyl (C=O) groups is 1. The monoisotopic (exact) mass is 333 g/mol. The Morgan fingerprint density at radius 1 is 1.25 bits per heavy atom. The fourth-order valence-corrected chi connectivity index (χ4v) is 3.23. The Labute approximate surface area is 143 Å². The molecule has 0 aliphatic carbocycles. The van der Waals surface area contributed by atoms with Gasteiger partial charge in [0, 0.05) is 23.6 Å². The van der Waals surface area contributed by atoms with Crippen molar-refractivity contribution >= 4 is 18.5 Å². The van der Waals surface area contributed by atoms with Gasteiger partial charge < -0.3 is 14.2 Å². The summed E-state index contributed by atoms with van der Waals surface area (Å²) in [5.41, 5.74) is -0.331. The van der Waals surface area contributed by atoms with Crippen LogP contribution in [0.3, 0.4) is 0 Å². The van der Waals surface area contributed by atoms with Crippen LogP contribution >= 0.6 is 0 Å². The molecule has 4 nitrogen and oxygen atoms in total. The number of benzene rings is 1. The molecule has 130 valence electrons. The van der Waals surface area contributed by atoms with Crippen molar-refractivity contribution in [3.63, 3.8) is 0 Å². The number of hydrogen-bond donors (Lipinski definition) is 0. The molecule has 1 aromatic rings. The van der Waals surface area contributed by atoms with E-state index in [1.165, 1.54) is 12.1 Å². The van der Waals surface area contributed by atoms with Gasteiger partial charge in [-0.25, -0.2) is 4.39 Å². The average Bonchev–Trinajstić information content (AvgIpc) is 3.00. The number of hydrogen-bond acceptors (Lipinski definition) is 3. The van der Waals surface area contributed by atoms with Gasteiger partial charge in [-0.3, -0.25) is 4.79 Å². The van der Waals surface area contributed by atoms with E-state index in [9.17, 15) is 9.18 Å². The van der Waals surface area contributed by atoms with Gasteiger partial charge in [0.15, 0.2) is 0 Å². The van der Waals surface area contributed by atoms with Crippen molar-refractivity contribution in [2.24, 2.45) is 0 Å². The molecule has 0 radical (unpaired) electrons. The molecule has 0 spiro atoms. The van der Waals surface area contributed by atoms with E-state index < -0.39 is 24.1 Å². The second-order valence-corrected chi connectivity index (χ2v) is 7.81.